The molecule has 3 nitrogen and oxygen atoms in total. The lowest BCUT2D eigenvalue weighted by Crippen LogP contribution is -2.38. The molecule has 0 bridgehead atoms. The second-order valence-corrected chi connectivity index (χ2v) is 5.64. The molecule has 0 saturated carbocycles. The molecule has 17 heavy (non-hydrogen) atoms. The van der Waals surface area contributed by atoms with E-state index < -0.39 is 0 Å². The summed E-state index contributed by atoms with van der Waals surface area (Å²) in [4.78, 5) is 2.51. The predicted molar refractivity (Wildman–Crippen MR) is 73.0 cm³/mol. The Morgan fingerprint density at radius 2 is 2.18 bits per heavy atom. The highest BCUT2D eigenvalue weighted by Gasteiger charge is 2.24. The van der Waals surface area contributed by atoms with Crippen LogP contribution in [0.4, 0.5) is 0 Å². The van der Waals surface area contributed by atoms with Crippen molar-refractivity contribution >= 4 is 15.9 Å². The normalized spacial score (nSPS) is 20.6. The molecular formula is C13H21BrN2O. The topological polar surface area (TPSA) is 28.4 Å². The van der Waals surface area contributed by atoms with Crippen LogP contribution in [0.3, 0.4) is 0 Å². The molecule has 0 radical (unpaired) electrons. The van der Waals surface area contributed by atoms with Gasteiger partial charge in [0.2, 0.25) is 0 Å². The number of likely N-dealkylation sites (tertiary alicyclic amines) is 1. The van der Waals surface area contributed by atoms with Crippen LogP contribution in [-0.4, -0.2) is 31.6 Å². The van der Waals surface area contributed by atoms with E-state index in [0.29, 0.717) is 6.04 Å². The van der Waals surface area contributed by atoms with Gasteiger partial charge in [0.1, 0.15) is 5.76 Å². The number of halogens is 1. The number of nitrogens with zero attached hydrogens (tertiary/aromatic N) is 1. The van der Waals surface area contributed by atoms with Gasteiger partial charge < -0.3 is 9.73 Å². The third-order valence-corrected chi connectivity index (χ3v) is 4.12. The molecule has 1 unspecified atom stereocenters. The van der Waals surface area contributed by atoms with Gasteiger partial charge in [0.25, 0.3) is 0 Å². The molecule has 2 heterocycles. The molecule has 1 aliphatic heterocycles. The Bertz CT molecular complexity index is 345. The van der Waals surface area contributed by atoms with E-state index in [1.807, 2.05) is 13.1 Å². The first kappa shape index (κ1) is 13.1. The lowest BCUT2D eigenvalue weighted by molar-refractivity contribution is 0.127. The highest BCUT2D eigenvalue weighted by atomic mass is 79.9. The van der Waals surface area contributed by atoms with E-state index in [0.717, 1.165) is 22.9 Å². The first-order valence-corrected chi connectivity index (χ1v) is 7.14. The van der Waals surface area contributed by atoms with Crippen molar-refractivity contribution in [1.29, 1.82) is 0 Å². The van der Waals surface area contributed by atoms with Crippen molar-refractivity contribution in [3.63, 3.8) is 0 Å². The monoisotopic (exact) mass is 300 g/mol. The van der Waals surface area contributed by atoms with E-state index in [2.05, 4.69) is 39.1 Å². The Hall–Kier alpha value is -0.320. The molecule has 4 heteroatoms. The van der Waals surface area contributed by atoms with E-state index in [1.165, 1.54) is 25.9 Å². The predicted octanol–water partition coefficient (Wildman–Crippen LogP) is 3.03. The smallest absolute Gasteiger partial charge is 0.169 e. The zero-order valence-corrected chi connectivity index (χ0v) is 12.2. The summed E-state index contributed by atoms with van der Waals surface area (Å²) >= 11 is 3.36. The largest absolute Gasteiger partial charge is 0.453 e. The zero-order chi connectivity index (χ0) is 12.3. The Balaban J connectivity index is 1.88. The van der Waals surface area contributed by atoms with Crippen molar-refractivity contribution in [2.45, 2.75) is 25.8 Å². The quantitative estimate of drug-likeness (QED) is 0.926. The van der Waals surface area contributed by atoms with Crippen LogP contribution in [0.25, 0.3) is 0 Å². The van der Waals surface area contributed by atoms with Crippen molar-refractivity contribution in [3.05, 3.63) is 22.6 Å². The van der Waals surface area contributed by atoms with Crippen molar-refractivity contribution in [2.75, 3.05) is 26.7 Å². The standard InChI is InChI=1S/C13H21BrN2O/c1-10(12-3-4-13(14)17-12)16-7-5-11(6-8-16)9-15-2/h3-4,10-11,15H,5-9H2,1-2H3. The number of furan rings is 1. The first-order chi connectivity index (χ1) is 8.20. The van der Waals surface area contributed by atoms with Gasteiger partial charge in [0.05, 0.1) is 6.04 Å². The summed E-state index contributed by atoms with van der Waals surface area (Å²) < 4.78 is 6.46. The van der Waals surface area contributed by atoms with Gasteiger partial charge in [-0.3, -0.25) is 4.90 Å². The molecule has 0 amide bonds. The third kappa shape index (κ3) is 3.33. The van der Waals surface area contributed by atoms with Crippen LogP contribution in [-0.2, 0) is 0 Å². The molecule has 1 aromatic rings. The van der Waals surface area contributed by atoms with Crippen LogP contribution in [0.2, 0.25) is 0 Å². The maximum atomic E-state index is 5.64. The Morgan fingerprint density at radius 1 is 1.47 bits per heavy atom. The fourth-order valence-electron chi connectivity index (χ4n) is 2.57. The molecule has 0 aliphatic carbocycles. The van der Waals surface area contributed by atoms with Gasteiger partial charge in [-0.25, -0.2) is 0 Å². The van der Waals surface area contributed by atoms with Gasteiger partial charge in [0, 0.05) is 0 Å². The second-order valence-electron chi connectivity index (χ2n) is 4.85. The number of hydrogen-bond donors (Lipinski definition) is 1. The average Bonchev–Trinajstić information content (AvgIpc) is 2.76. The summed E-state index contributed by atoms with van der Waals surface area (Å²) in [7, 11) is 2.04. The molecule has 1 aliphatic rings. The van der Waals surface area contributed by atoms with Gasteiger partial charge in [0.15, 0.2) is 4.67 Å². The van der Waals surface area contributed by atoms with E-state index in [9.17, 15) is 0 Å². The van der Waals surface area contributed by atoms with E-state index in [-0.39, 0.29) is 0 Å². The summed E-state index contributed by atoms with van der Waals surface area (Å²) in [5.41, 5.74) is 0. The minimum atomic E-state index is 0.386. The van der Waals surface area contributed by atoms with Gasteiger partial charge in [-0.1, -0.05) is 0 Å². The lowest BCUT2D eigenvalue weighted by Gasteiger charge is -2.35. The molecule has 96 valence electrons. The Labute approximate surface area is 112 Å². The summed E-state index contributed by atoms with van der Waals surface area (Å²) in [6.07, 6.45) is 2.57. The van der Waals surface area contributed by atoms with Gasteiger partial charge in [-0.2, -0.15) is 0 Å². The van der Waals surface area contributed by atoms with Gasteiger partial charge >= 0.3 is 0 Å². The Morgan fingerprint density at radius 3 is 2.71 bits per heavy atom. The van der Waals surface area contributed by atoms with Crippen molar-refractivity contribution in [2.24, 2.45) is 5.92 Å². The zero-order valence-electron chi connectivity index (χ0n) is 10.6. The van der Waals surface area contributed by atoms with Crippen LogP contribution in [0.1, 0.15) is 31.6 Å². The fourth-order valence-corrected chi connectivity index (χ4v) is 2.88. The number of piperidine rings is 1. The van der Waals surface area contributed by atoms with Crippen molar-refractivity contribution in [1.82, 2.24) is 10.2 Å². The van der Waals surface area contributed by atoms with Crippen molar-refractivity contribution in [3.8, 4) is 0 Å². The molecule has 0 spiro atoms. The summed E-state index contributed by atoms with van der Waals surface area (Å²) in [5, 5.41) is 3.27. The average molecular weight is 301 g/mol. The first-order valence-electron chi connectivity index (χ1n) is 6.34. The highest BCUT2D eigenvalue weighted by Crippen LogP contribution is 2.28. The van der Waals surface area contributed by atoms with Gasteiger partial charge in [-0.15, -0.1) is 0 Å². The molecule has 1 N–H and O–H groups in total. The van der Waals surface area contributed by atoms with Gasteiger partial charge in [-0.05, 0) is 80.4 Å². The number of nitrogens with one attached hydrogen (secondary N) is 1. The molecule has 0 aromatic carbocycles. The van der Waals surface area contributed by atoms with E-state index in [4.69, 9.17) is 4.42 Å². The fraction of sp³-hybridized carbons (Fsp3) is 0.692. The molecule has 1 atom stereocenters. The van der Waals surface area contributed by atoms with Crippen LogP contribution in [0.15, 0.2) is 21.2 Å². The summed E-state index contributed by atoms with van der Waals surface area (Å²) in [5.74, 6) is 1.90. The van der Waals surface area contributed by atoms with E-state index >= 15 is 0 Å². The summed E-state index contributed by atoms with van der Waals surface area (Å²) in [6.45, 7) is 5.72. The SMILES string of the molecule is CNCC1CCN(C(C)c2ccc(Br)o2)CC1. The maximum absolute atomic E-state index is 5.64. The second kappa shape index (κ2) is 6.03. The highest BCUT2D eigenvalue weighted by molar-refractivity contribution is 9.10. The molecule has 1 fully saturated rings. The molecule has 1 saturated heterocycles. The van der Waals surface area contributed by atoms with Crippen LogP contribution in [0, 0.1) is 5.92 Å². The molecule has 2 rings (SSSR count). The number of hydrogen-bond acceptors (Lipinski definition) is 3. The van der Waals surface area contributed by atoms with Crippen molar-refractivity contribution < 1.29 is 4.42 Å². The number of rotatable bonds is 4. The van der Waals surface area contributed by atoms with E-state index in [1.54, 1.807) is 0 Å². The summed E-state index contributed by atoms with van der Waals surface area (Å²) in [6, 6.07) is 4.42. The van der Waals surface area contributed by atoms with Crippen LogP contribution in [0.5, 0.6) is 0 Å². The maximum Gasteiger partial charge on any atom is 0.169 e. The van der Waals surface area contributed by atoms with Crippen LogP contribution >= 0.6 is 15.9 Å². The molecule has 1 aromatic heterocycles. The minimum absolute atomic E-state index is 0.386. The third-order valence-electron chi connectivity index (χ3n) is 3.70. The molecular weight excluding hydrogens is 280 g/mol. The van der Waals surface area contributed by atoms with Crippen LogP contribution < -0.4 is 5.32 Å². The minimum Gasteiger partial charge on any atom is -0.453 e. The Kier molecular flexibility index (Phi) is 4.65. The lowest BCUT2D eigenvalue weighted by atomic mass is 9.95.